The van der Waals surface area contributed by atoms with Crippen molar-refractivity contribution in [2.24, 2.45) is 0 Å². The lowest BCUT2D eigenvalue weighted by Gasteiger charge is -2.12. The predicted octanol–water partition coefficient (Wildman–Crippen LogP) is 2.29. The molecule has 1 heterocycles. The average molecular weight is 309 g/mol. The zero-order valence-electron chi connectivity index (χ0n) is 11.2. The van der Waals surface area contributed by atoms with Crippen LogP contribution in [0.1, 0.15) is 12.5 Å². The van der Waals surface area contributed by atoms with Gasteiger partial charge in [-0.3, -0.25) is 14.7 Å². The van der Waals surface area contributed by atoms with Crippen LogP contribution >= 0.6 is 11.6 Å². The van der Waals surface area contributed by atoms with E-state index in [1.807, 2.05) is 6.92 Å². The molecule has 2 aromatic rings. The third-order valence-electron chi connectivity index (χ3n) is 2.83. The lowest BCUT2D eigenvalue weighted by molar-refractivity contribution is -0.384. The van der Waals surface area contributed by atoms with E-state index in [-0.39, 0.29) is 12.2 Å². The molecular formula is C13H13ClN4O3. The van der Waals surface area contributed by atoms with E-state index in [2.05, 4.69) is 10.3 Å². The summed E-state index contributed by atoms with van der Waals surface area (Å²) in [4.78, 5) is 25.7. The number of nitrogens with one attached hydrogen (secondary N) is 1. The van der Waals surface area contributed by atoms with Crippen molar-refractivity contribution in [1.82, 2.24) is 9.55 Å². The topological polar surface area (TPSA) is 90.1 Å². The lowest BCUT2D eigenvalue weighted by atomic mass is 10.1. The van der Waals surface area contributed by atoms with Crippen molar-refractivity contribution in [3.8, 4) is 0 Å². The largest absolute Gasteiger partial charge is 0.385 e. The number of hydrogen-bond donors (Lipinski definition) is 1. The first-order valence-corrected chi connectivity index (χ1v) is 6.62. The predicted molar refractivity (Wildman–Crippen MR) is 79.9 cm³/mol. The quantitative estimate of drug-likeness (QED) is 0.676. The van der Waals surface area contributed by atoms with Crippen molar-refractivity contribution < 1.29 is 4.92 Å². The Kier molecular flexibility index (Phi) is 4.54. The number of benzene rings is 1. The molecule has 0 saturated carbocycles. The van der Waals surface area contributed by atoms with E-state index in [0.29, 0.717) is 17.1 Å². The van der Waals surface area contributed by atoms with Gasteiger partial charge in [-0.15, -0.1) is 0 Å². The Hall–Kier alpha value is -2.41. The Bertz CT molecular complexity index is 730. The van der Waals surface area contributed by atoms with Crippen LogP contribution in [-0.2, 0) is 6.54 Å². The minimum absolute atomic E-state index is 0.0327. The van der Waals surface area contributed by atoms with E-state index in [4.69, 9.17) is 11.6 Å². The summed E-state index contributed by atoms with van der Waals surface area (Å²) in [5, 5.41) is 14.3. The van der Waals surface area contributed by atoms with E-state index in [9.17, 15) is 14.9 Å². The van der Waals surface area contributed by atoms with Crippen molar-refractivity contribution in [3.63, 3.8) is 0 Å². The van der Waals surface area contributed by atoms with E-state index >= 15 is 0 Å². The minimum atomic E-state index is -0.474. The van der Waals surface area contributed by atoms with Crippen molar-refractivity contribution in [3.05, 3.63) is 61.8 Å². The lowest BCUT2D eigenvalue weighted by Crippen LogP contribution is -2.23. The number of hydrogen-bond acceptors (Lipinski definition) is 5. The zero-order valence-corrected chi connectivity index (χ0v) is 12.0. The van der Waals surface area contributed by atoms with Gasteiger partial charge in [0.25, 0.3) is 5.69 Å². The van der Waals surface area contributed by atoms with Gasteiger partial charge in [-0.25, -0.2) is 9.78 Å². The molecule has 110 valence electrons. The molecule has 7 nitrogen and oxygen atoms in total. The fourth-order valence-corrected chi connectivity index (χ4v) is 2.08. The average Bonchev–Trinajstić information content (AvgIpc) is 2.44. The number of nitrogens with zero attached hydrogens (tertiary/aromatic N) is 3. The molecule has 0 fully saturated rings. The Morgan fingerprint density at radius 3 is 2.90 bits per heavy atom. The summed E-state index contributed by atoms with van der Waals surface area (Å²) < 4.78 is 1.31. The Labute approximate surface area is 125 Å². The van der Waals surface area contributed by atoms with Gasteiger partial charge in [-0.2, -0.15) is 0 Å². The fraction of sp³-hybridized carbons (Fsp3) is 0.231. The molecule has 0 amide bonds. The van der Waals surface area contributed by atoms with Crippen LogP contribution in [0.2, 0.25) is 5.02 Å². The molecule has 0 saturated heterocycles. The molecule has 0 radical (unpaired) electrons. The number of nitro benzene ring substituents is 1. The van der Waals surface area contributed by atoms with Crippen LogP contribution in [0.5, 0.6) is 0 Å². The second-order valence-electron chi connectivity index (χ2n) is 4.31. The Balaban J connectivity index is 2.45. The van der Waals surface area contributed by atoms with Crippen LogP contribution in [0.15, 0.2) is 35.4 Å². The smallest absolute Gasteiger partial charge is 0.347 e. The molecule has 8 heteroatoms. The highest BCUT2D eigenvalue weighted by Crippen LogP contribution is 2.23. The maximum Gasteiger partial charge on any atom is 0.347 e. The Morgan fingerprint density at radius 1 is 1.48 bits per heavy atom. The summed E-state index contributed by atoms with van der Waals surface area (Å²) >= 11 is 5.82. The molecule has 1 N–H and O–H groups in total. The number of aromatic nitrogens is 2. The number of nitro groups is 1. The molecule has 0 atom stereocenters. The molecule has 0 unspecified atom stereocenters. The highest BCUT2D eigenvalue weighted by atomic mass is 35.5. The van der Waals surface area contributed by atoms with Crippen LogP contribution in [-0.4, -0.2) is 21.0 Å². The third-order valence-corrected chi connectivity index (χ3v) is 3.03. The molecule has 21 heavy (non-hydrogen) atoms. The first kappa shape index (κ1) is 15.0. The number of rotatable bonds is 5. The van der Waals surface area contributed by atoms with Crippen LogP contribution in [0.25, 0.3) is 0 Å². The van der Waals surface area contributed by atoms with Crippen molar-refractivity contribution in [2.75, 3.05) is 11.9 Å². The fourth-order valence-electron chi connectivity index (χ4n) is 1.91. The highest BCUT2D eigenvalue weighted by molar-refractivity contribution is 6.30. The summed E-state index contributed by atoms with van der Waals surface area (Å²) in [6.45, 7) is 2.72. The minimum Gasteiger partial charge on any atom is -0.385 e. The first-order valence-electron chi connectivity index (χ1n) is 6.24. The second kappa shape index (κ2) is 6.36. The van der Waals surface area contributed by atoms with E-state index < -0.39 is 10.6 Å². The second-order valence-corrected chi connectivity index (χ2v) is 4.75. The van der Waals surface area contributed by atoms with E-state index in [0.717, 1.165) is 5.69 Å². The summed E-state index contributed by atoms with van der Waals surface area (Å²) in [5.41, 5.74) is 0.857. The number of halogens is 1. The van der Waals surface area contributed by atoms with Gasteiger partial charge < -0.3 is 5.32 Å². The molecule has 0 aliphatic rings. The molecular weight excluding hydrogens is 296 g/mol. The Morgan fingerprint density at radius 2 is 2.24 bits per heavy atom. The van der Waals surface area contributed by atoms with Crippen LogP contribution in [0.3, 0.4) is 0 Å². The maximum atomic E-state index is 11.7. The summed E-state index contributed by atoms with van der Waals surface area (Å²) in [6, 6.07) is 4.48. The van der Waals surface area contributed by atoms with E-state index in [1.54, 1.807) is 6.07 Å². The molecule has 1 aromatic heterocycles. The van der Waals surface area contributed by atoms with Crippen LogP contribution < -0.4 is 11.0 Å². The molecule has 1 aromatic carbocycles. The number of anilines is 1. The van der Waals surface area contributed by atoms with E-state index in [1.165, 1.54) is 29.1 Å². The summed E-state index contributed by atoms with van der Waals surface area (Å²) in [7, 11) is 0. The summed E-state index contributed by atoms with van der Waals surface area (Å²) in [5.74, 6) is 0. The first-order chi connectivity index (χ1) is 10.0. The van der Waals surface area contributed by atoms with Gasteiger partial charge in [-0.05, 0) is 13.0 Å². The van der Waals surface area contributed by atoms with Crippen LogP contribution in [0.4, 0.5) is 11.4 Å². The van der Waals surface area contributed by atoms with Gasteiger partial charge in [0.15, 0.2) is 0 Å². The standard InChI is InChI=1S/C13H13ClN4O3/c1-2-15-12-4-3-11(18(20)21)5-9(12)7-17-8-10(14)6-16-13(17)19/h3-6,8,15H,2,7H2,1H3. The van der Waals surface area contributed by atoms with Gasteiger partial charge in [0, 0.05) is 36.1 Å². The zero-order chi connectivity index (χ0) is 15.4. The van der Waals surface area contributed by atoms with Crippen molar-refractivity contribution in [2.45, 2.75) is 13.5 Å². The van der Waals surface area contributed by atoms with Crippen molar-refractivity contribution >= 4 is 23.0 Å². The maximum absolute atomic E-state index is 11.7. The number of non-ortho nitro benzene ring substituents is 1. The monoisotopic (exact) mass is 308 g/mol. The van der Waals surface area contributed by atoms with Gasteiger partial charge >= 0.3 is 5.69 Å². The van der Waals surface area contributed by atoms with Crippen molar-refractivity contribution in [1.29, 1.82) is 0 Å². The molecule has 0 bridgehead atoms. The van der Waals surface area contributed by atoms with Gasteiger partial charge in [0.1, 0.15) is 0 Å². The molecule has 2 rings (SSSR count). The van der Waals surface area contributed by atoms with Crippen LogP contribution in [0, 0.1) is 10.1 Å². The molecule has 0 aliphatic carbocycles. The van der Waals surface area contributed by atoms with Gasteiger partial charge in [0.2, 0.25) is 0 Å². The molecule has 0 spiro atoms. The molecule has 0 aliphatic heterocycles. The van der Waals surface area contributed by atoms with Gasteiger partial charge in [-0.1, -0.05) is 11.6 Å². The van der Waals surface area contributed by atoms with Gasteiger partial charge in [0.05, 0.1) is 22.7 Å². The highest BCUT2D eigenvalue weighted by Gasteiger charge is 2.12. The normalized spacial score (nSPS) is 10.4. The third kappa shape index (κ3) is 3.57. The SMILES string of the molecule is CCNc1ccc([N+](=O)[O-])cc1Cn1cc(Cl)cnc1=O. The summed E-state index contributed by atoms with van der Waals surface area (Å²) in [6.07, 6.45) is 2.71.